The zero-order valence-corrected chi connectivity index (χ0v) is 20.6. The topological polar surface area (TPSA) is 72.2 Å². The Morgan fingerprint density at radius 3 is 2.57 bits per heavy atom. The highest BCUT2D eigenvalue weighted by Gasteiger charge is 2.23. The number of carbonyl (C=O) groups excluding carboxylic acids is 1. The standard InChI is InChI=1S/C28H32N2O5/c1-19(2)18-34-21-9-10-22-20(3)23(28(32)35-26(22)17-21)11-12-27(31)30-15-13-29(14-16-30)24-7-5-6-8-25(24)33-4/h5-10,17H,1,11-16,18H2,2-4H3. The number of aryl methyl sites for hydroxylation is 1. The van der Waals surface area contributed by atoms with Crippen molar-refractivity contribution in [3.63, 3.8) is 0 Å². The fourth-order valence-electron chi connectivity index (χ4n) is 4.44. The molecule has 4 rings (SSSR count). The van der Waals surface area contributed by atoms with Gasteiger partial charge < -0.3 is 23.7 Å². The summed E-state index contributed by atoms with van der Waals surface area (Å²) in [6, 6.07) is 13.4. The van der Waals surface area contributed by atoms with E-state index in [-0.39, 0.29) is 12.3 Å². The predicted molar refractivity (Wildman–Crippen MR) is 138 cm³/mol. The van der Waals surface area contributed by atoms with Gasteiger partial charge in [0.1, 0.15) is 23.7 Å². The van der Waals surface area contributed by atoms with Crippen LogP contribution in [0, 0.1) is 6.92 Å². The van der Waals surface area contributed by atoms with Crippen LogP contribution in [0.25, 0.3) is 11.0 Å². The minimum absolute atomic E-state index is 0.0483. The molecule has 1 fully saturated rings. The fraction of sp³-hybridized carbons (Fsp3) is 0.357. The SMILES string of the molecule is C=C(C)COc1ccc2c(C)c(CCC(=O)N3CCN(c4ccccc4OC)CC3)c(=O)oc2c1. The molecule has 184 valence electrons. The van der Waals surface area contributed by atoms with E-state index >= 15 is 0 Å². The molecule has 1 saturated heterocycles. The van der Waals surface area contributed by atoms with Crippen LogP contribution in [0.3, 0.4) is 0 Å². The summed E-state index contributed by atoms with van der Waals surface area (Å²) in [5.74, 6) is 1.51. The highest BCUT2D eigenvalue weighted by Crippen LogP contribution is 2.29. The largest absolute Gasteiger partial charge is 0.495 e. The fourth-order valence-corrected chi connectivity index (χ4v) is 4.44. The lowest BCUT2D eigenvalue weighted by Gasteiger charge is -2.36. The normalized spacial score (nSPS) is 13.7. The Labute approximate surface area is 205 Å². The molecule has 7 nitrogen and oxygen atoms in total. The molecule has 0 unspecified atom stereocenters. The van der Waals surface area contributed by atoms with E-state index in [9.17, 15) is 9.59 Å². The van der Waals surface area contributed by atoms with Crippen LogP contribution in [0.4, 0.5) is 5.69 Å². The minimum Gasteiger partial charge on any atom is -0.495 e. The number of nitrogens with zero attached hydrogens (tertiary/aromatic N) is 2. The van der Waals surface area contributed by atoms with Gasteiger partial charge in [-0.25, -0.2) is 4.79 Å². The second kappa shape index (κ2) is 10.7. The third-order valence-corrected chi connectivity index (χ3v) is 6.39. The molecule has 1 aliphatic heterocycles. The Hall–Kier alpha value is -3.74. The first-order valence-corrected chi connectivity index (χ1v) is 11.9. The molecule has 2 aromatic carbocycles. The number of hydrogen-bond acceptors (Lipinski definition) is 6. The Morgan fingerprint density at radius 2 is 1.86 bits per heavy atom. The first-order valence-electron chi connectivity index (χ1n) is 11.9. The quantitative estimate of drug-likeness (QED) is 0.356. The predicted octanol–water partition coefficient (Wildman–Crippen LogP) is 4.35. The van der Waals surface area contributed by atoms with E-state index in [2.05, 4.69) is 11.5 Å². The zero-order valence-electron chi connectivity index (χ0n) is 20.6. The van der Waals surface area contributed by atoms with Crippen molar-refractivity contribution in [2.75, 3.05) is 44.8 Å². The molecule has 3 aromatic rings. The number of ether oxygens (including phenoxy) is 2. The summed E-state index contributed by atoms with van der Waals surface area (Å²) in [5.41, 5.74) is 3.42. The van der Waals surface area contributed by atoms with Crippen LogP contribution < -0.4 is 20.0 Å². The molecule has 1 amide bonds. The number of rotatable bonds is 8. The Balaban J connectivity index is 1.39. The molecule has 0 N–H and O–H groups in total. The Kier molecular flexibility index (Phi) is 7.44. The Morgan fingerprint density at radius 1 is 1.11 bits per heavy atom. The maximum Gasteiger partial charge on any atom is 0.339 e. The van der Waals surface area contributed by atoms with Crippen molar-refractivity contribution in [2.45, 2.75) is 26.7 Å². The van der Waals surface area contributed by atoms with E-state index in [1.165, 1.54) is 0 Å². The van der Waals surface area contributed by atoms with E-state index in [1.807, 2.05) is 55.1 Å². The molecule has 0 spiro atoms. The number of benzene rings is 2. The van der Waals surface area contributed by atoms with E-state index in [0.29, 0.717) is 43.0 Å². The third kappa shape index (κ3) is 5.50. The third-order valence-electron chi connectivity index (χ3n) is 6.39. The van der Waals surface area contributed by atoms with Crippen molar-refractivity contribution in [3.8, 4) is 11.5 Å². The monoisotopic (exact) mass is 476 g/mol. The molecule has 0 saturated carbocycles. The van der Waals surface area contributed by atoms with Crippen molar-refractivity contribution in [1.29, 1.82) is 0 Å². The summed E-state index contributed by atoms with van der Waals surface area (Å²) in [5, 5.41) is 0.847. The van der Waals surface area contributed by atoms with Crippen molar-refractivity contribution in [2.24, 2.45) is 0 Å². The van der Waals surface area contributed by atoms with Gasteiger partial charge in [-0.1, -0.05) is 18.7 Å². The summed E-state index contributed by atoms with van der Waals surface area (Å²) in [6.07, 6.45) is 0.620. The van der Waals surface area contributed by atoms with Crippen LogP contribution in [0.2, 0.25) is 0 Å². The van der Waals surface area contributed by atoms with Crippen LogP contribution in [0.15, 0.2) is 63.8 Å². The summed E-state index contributed by atoms with van der Waals surface area (Å²) < 4.78 is 16.7. The van der Waals surface area contributed by atoms with Crippen LogP contribution in [0.5, 0.6) is 11.5 Å². The number of piperazine rings is 1. The first kappa shape index (κ1) is 24.4. The van der Waals surface area contributed by atoms with Gasteiger partial charge in [-0.05, 0) is 55.7 Å². The Bertz CT molecular complexity index is 1290. The van der Waals surface area contributed by atoms with Gasteiger partial charge in [0, 0.05) is 49.6 Å². The van der Waals surface area contributed by atoms with Crippen molar-refractivity contribution in [3.05, 3.63) is 76.2 Å². The van der Waals surface area contributed by atoms with Crippen LogP contribution in [-0.2, 0) is 11.2 Å². The van der Waals surface area contributed by atoms with Gasteiger partial charge in [0.2, 0.25) is 5.91 Å². The molecule has 1 aromatic heterocycles. The molecular weight excluding hydrogens is 444 g/mol. The minimum atomic E-state index is -0.402. The number of hydrogen-bond donors (Lipinski definition) is 0. The lowest BCUT2D eigenvalue weighted by atomic mass is 10.0. The van der Waals surface area contributed by atoms with Crippen LogP contribution in [-0.4, -0.2) is 50.7 Å². The maximum absolute atomic E-state index is 12.9. The van der Waals surface area contributed by atoms with Crippen molar-refractivity contribution >= 4 is 22.6 Å². The van der Waals surface area contributed by atoms with E-state index in [1.54, 1.807) is 13.2 Å². The number of para-hydroxylation sites is 2. The van der Waals surface area contributed by atoms with Gasteiger partial charge >= 0.3 is 5.63 Å². The number of methoxy groups -OCH3 is 1. The van der Waals surface area contributed by atoms with Crippen LogP contribution in [0.1, 0.15) is 24.5 Å². The highest BCUT2D eigenvalue weighted by atomic mass is 16.5. The molecule has 35 heavy (non-hydrogen) atoms. The molecule has 0 bridgehead atoms. The maximum atomic E-state index is 12.9. The summed E-state index contributed by atoms with van der Waals surface area (Å²) >= 11 is 0. The van der Waals surface area contributed by atoms with Crippen molar-refractivity contribution in [1.82, 2.24) is 4.90 Å². The zero-order chi connectivity index (χ0) is 24.9. The van der Waals surface area contributed by atoms with Gasteiger partial charge in [-0.2, -0.15) is 0 Å². The number of carbonyl (C=O) groups is 1. The second-order valence-electron chi connectivity index (χ2n) is 8.94. The number of anilines is 1. The first-order chi connectivity index (χ1) is 16.9. The van der Waals surface area contributed by atoms with E-state index in [0.717, 1.165) is 41.0 Å². The van der Waals surface area contributed by atoms with Gasteiger partial charge in [0.05, 0.1) is 12.8 Å². The highest BCUT2D eigenvalue weighted by molar-refractivity contribution is 5.83. The molecule has 0 radical (unpaired) electrons. The lowest BCUT2D eigenvalue weighted by molar-refractivity contribution is -0.131. The average Bonchev–Trinajstić information content (AvgIpc) is 2.87. The van der Waals surface area contributed by atoms with Gasteiger partial charge in [-0.3, -0.25) is 4.79 Å². The van der Waals surface area contributed by atoms with E-state index in [4.69, 9.17) is 13.9 Å². The molecule has 2 heterocycles. The molecule has 1 aliphatic rings. The van der Waals surface area contributed by atoms with Gasteiger partial charge in [0.25, 0.3) is 0 Å². The van der Waals surface area contributed by atoms with E-state index < -0.39 is 5.63 Å². The van der Waals surface area contributed by atoms with Gasteiger partial charge in [-0.15, -0.1) is 0 Å². The molecular formula is C28H32N2O5. The smallest absolute Gasteiger partial charge is 0.339 e. The molecule has 0 aliphatic carbocycles. The second-order valence-corrected chi connectivity index (χ2v) is 8.94. The average molecular weight is 477 g/mol. The summed E-state index contributed by atoms with van der Waals surface area (Å²) in [6.45, 7) is 10.8. The molecule has 0 atom stereocenters. The number of fused-ring (bicyclic) bond motifs is 1. The van der Waals surface area contributed by atoms with Crippen molar-refractivity contribution < 1.29 is 18.7 Å². The molecule has 7 heteroatoms. The lowest BCUT2D eigenvalue weighted by Crippen LogP contribution is -2.49. The van der Waals surface area contributed by atoms with Crippen LogP contribution >= 0.6 is 0 Å². The van der Waals surface area contributed by atoms with Gasteiger partial charge in [0.15, 0.2) is 0 Å². The number of amides is 1. The summed E-state index contributed by atoms with van der Waals surface area (Å²) in [4.78, 5) is 29.7. The summed E-state index contributed by atoms with van der Waals surface area (Å²) in [7, 11) is 1.67.